The van der Waals surface area contributed by atoms with Crippen LogP contribution in [0, 0.1) is 0 Å². The average Bonchev–Trinajstić information content (AvgIpc) is 2.85. The molecule has 0 aliphatic heterocycles. The summed E-state index contributed by atoms with van der Waals surface area (Å²) in [5.74, 6) is -1.51. The van der Waals surface area contributed by atoms with Crippen molar-refractivity contribution < 1.29 is 14.7 Å². The van der Waals surface area contributed by atoms with Gasteiger partial charge in [0.2, 0.25) is 5.91 Å². The molecule has 0 saturated carbocycles. The van der Waals surface area contributed by atoms with Gasteiger partial charge in [0, 0.05) is 23.8 Å². The molecule has 0 fully saturated rings. The van der Waals surface area contributed by atoms with Crippen LogP contribution >= 0.6 is 11.6 Å². The lowest BCUT2D eigenvalue weighted by Crippen LogP contribution is -2.34. The maximum absolute atomic E-state index is 12.0. The van der Waals surface area contributed by atoms with Crippen LogP contribution in [0.2, 0.25) is 5.02 Å². The minimum absolute atomic E-state index is 0.0845. The van der Waals surface area contributed by atoms with Gasteiger partial charge in [0.25, 0.3) is 0 Å². The summed E-state index contributed by atoms with van der Waals surface area (Å²) in [5, 5.41) is 16.2. The molecule has 7 heteroatoms. The third-order valence-corrected chi connectivity index (χ3v) is 3.14. The highest BCUT2D eigenvalue weighted by atomic mass is 35.5. The van der Waals surface area contributed by atoms with Crippen LogP contribution in [0.3, 0.4) is 0 Å². The van der Waals surface area contributed by atoms with Crippen LogP contribution in [0.25, 0.3) is 0 Å². The SMILES string of the molecule is Cn1cc(C(NC(=O)Cc2ccc(Cl)cc2)C(=O)O)cn1. The number of hydrogen-bond acceptors (Lipinski definition) is 3. The van der Waals surface area contributed by atoms with Gasteiger partial charge in [-0.25, -0.2) is 4.79 Å². The predicted molar refractivity (Wildman–Crippen MR) is 76.9 cm³/mol. The molecule has 2 rings (SSSR count). The Labute approximate surface area is 126 Å². The molecule has 0 aliphatic carbocycles. The number of aromatic nitrogens is 2. The molecule has 1 heterocycles. The molecule has 1 unspecified atom stereocenters. The van der Waals surface area contributed by atoms with Gasteiger partial charge in [-0.3, -0.25) is 9.48 Å². The highest BCUT2D eigenvalue weighted by molar-refractivity contribution is 6.30. The first kappa shape index (κ1) is 15.1. The van der Waals surface area contributed by atoms with Gasteiger partial charge >= 0.3 is 5.97 Å². The number of amides is 1. The van der Waals surface area contributed by atoms with E-state index in [1.807, 2.05) is 0 Å². The van der Waals surface area contributed by atoms with E-state index in [2.05, 4.69) is 10.4 Å². The van der Waals surface area contributed by atoms with E-state index in [1.165, 1.54) is 10.9 Å². The second kappa shape index (κ2) is 6.41. The summed E-state index contributed by atoms with van der Waals surface area (Å²) in [6.07, 6.45) is 3.06. The first-order chi connectivity index (χ1) is 9.95. The summed E-state index contributed by atoms with van der Waals surface area (Å²) in [6.45, 7) is 0. The van der Waals surface area contributed by atoms with Crippen molar-refractivity contribution >= 4 is 23.5 Å². The molecule has 0 spiro atoms. The number of aliphatic carboxylic acids is 1. The number of halogens is 1. The van der Waals surface area contributed by atoms with Crippen molar-refractivity contribution in [2.24, 2.45) is 7.05 Å². The Kier molecular flexibility index (Phi) is 4.59. The maximum atomic E-state index is 12.0. The Morgan fingerprint density at radius 3 is 2.57 bits per heavy atom. The first-order valence-corrected chi connectivity index (χ1v) is 6.58. The molecule has 0 radical (unpaired) electrons. The Hall–Kier alpha value is -2.34. The molecule has 1 aromatic heterocycles. The summed E-state index contributed by atoms with van der Waals surface area (Å²) < 4.78 is 1.48. The van der Waals surface area contributed by atoms with Gasteiger partial charge in [-0.2, -0.15) is 5.10 Å². The van der Waals surface area contributed by atoms with Crippen molar-refractivity contribution in [2.75, 3.05) is 0 Å². The molecule has 0 bridgehead atoms. The number of rotatable bonds is 5. The average molecular weight is 308 g/mol. The van der Waals surface area contributed by atoms with E-state index < -0.39 is 12.0 Å². The van der Waals surface area contributed by atoms with E-state index >= 15 is 0 Å². The molecule has 21 heavy (non-hydrogen) atoms. The predicted octanol–water partition coefficient (Wildman–Crippen LogP) is 1.56. The van der Waals surface area contributed by atoms with Crippen LogP contribution in [0.4, 0.5) is 0 Å². The van der Waals surface area contributed by atoms with Crippen LogP contribution in [0.15, 0.2) is 36.7 Å². The minimum atomic E-state index is -1.13. The number of carbonyl (C=O) groups excluding carboxylic acids is 1. The summed E-state index contributed by atoms with van der Waals surface area (Å²) in [6, 6.07) is 5.70. The van der Waals surface area contributed by atoms with Gasteiger partial charge in [0.05, 0.1) is 12.6 Å². The van der Waals surface area contributed by atoms with E-state index in [1.54, 1.807) is 37.5 Å². The first-order valence-electron chi connectivity index (χ1n) is 6.21. The van der Waals surface area contributed by atoms with E-state index in [-0.39, 0.29) is 12.3 Å². The molecule has 0 aliphatic rings. The van der Waals surface area contributed by atoms with Crippen molar-refractivity contribution in [1.82, 2.24) is 15.1 Å². The zero-order chi connectivity index (χ0) is 15.4. The van der Waals surface area contributed by atoms with E-state index in [9.17, 15) is 14.7 Å². The molecule has 1 atom stereocenters. The molecular weight excluding hydrogens is 294 g/mol. The topological polar surface area (TPSA) is 84.2 Å². The lowest BCUT2D eigenvalue weighted by molar-refractivity contribution is -0.141. The number of carbonyl (C=O) groups is 2. The van der Waals surface area contributed by atoms with Crippen LogP contribution in [-0.2, 0) is 23.1 Å². The van der Waals surface area contributed by atoms with Gasteiger partial charge in [-0.15, -0.1) is 0 Å². The largest absolute Gasteiger partial charge is 0.479 e. The van der Waals surface area contributed by atoms with Gasteiger partial charge in [0.1, 0.15) is 0 Å². The molecule has 1 amide bonds. The van der Waals surface area contributed by atoms with Crippen LogP contribution in [-0.4, -0.2) is 26.8 Å². The monoisotopic (exact) mass is 307 g/mol. The number of hydrogen-bond donors (Lipinski definition) is 2. The third-order valence-electron chi connectivity index (χ3n) is 2.89. The lowest BCUT2D eigenvalue weighted by Gasteiger charge is -2.13. The molecule has 6 nitrogen and oxygen atoms in total. The Morgan fingerprint density at radius 2 is 2.05 bits per heavy atom. The van der Waals surface area contributed by atoms with Crippen molar-refractivity contribution in [3.8, 4) is 0 Å². The third kappa shape index (κ3) is 4.06. The summed E-state index contributed by atoms with van der Waals surface area (Å²) in [7, 11) is 1.68. The Bertz CT molecular complexity index is 652. The van der Waals surface area contributed by atoms with E-state index in [0.717, 1.165) is 5.56 Å². The summed E-state index contributed by atoms with van der Waals surface area (Å²) in [5.41, 5.74) is 1.18. The summed E-state index contributed by atoms with van der Waals surface area (Å²) in [4.78, 5) is 23.2. The number of nitrogens with zero attached hydrogens (tertiary/aromatic N) is 2. The number of aryl methyl sites for hydroxylation is 1. The molecule has 110 valence electrons. The minimum Gasteiger partial charge on any atom is -0.479 e. The quantitative estimate of drug-likeness (QED) is 0.878. The van der Waals surface area contributed by atoms with E-state index in [0.29, 0.717) is 10.6 Å². The van der Waals surface area contributed by atoms with Crippen molar-refractivity contribution in [2.45, 2.75) is 12.5 Å². The standard InChI is InChI=1S/C14H14ClN3O3/c1-18-8-10(7-16-18)13(14(20)21)17-12(19)6-9-2-4-11(15)5-3-9/h2-5,7-8,13H,6H2,1H3,(H,17,19)(H,20,21). The van der Waals surface area contributed by atoms with Crippen molar-refractivity contribution in [1.29, 1.82) is 0 Å². The molecule has 2 aromatic rings. The Balaban J connectivity index is 2.05. The highest BCUT2D eigenvalue weighted by Crippen LogP contribution is 2.13. The Morgan fingerprint density at radius 1 is 1.38 bits per heavy atom. The maximum Gasteiger partial charge on any atom is 0.331 e. The molecule has 1 aromatic carbocycles. The molecule has 0 saturated heterocycles. The second-order valence-electron chi connectivity index (χ2n) is 4.59. The van der Waals surface area contributed by atoms with Crippen molar-refractivity contribution in [3.63, 3.8) is 0 Å². The van der Waals surface area contributed by atoms with Crippen LogP contribution in [0.1, 0.15) is 17.2 Å². The zero-order valence-corrected chi connectivity index (χ0v) is 12.0. The fourth-order valence-corrected chi connectivity index (χ4v) is 2.00. The van der Waals surface area contributed by atoms with E-state index in [4.69, 9.17) is 11.6 Å². The van der Waals surface area contributed by atoms with Crippen LogP contribution in [0.5, 0.6) is 0 Å². The number of carboxylic acids is 1. The zero-order valence-electron chi connectivity index (χ0n) is 11.3. The summed E-state index contributed by atoms with van der Waals surface area (Å²) >= 11 is 5.77. The number of benzene rings is 1. The second-order valence-corrected chi connectivity index (χ2v) is 5.03. The van der Waals surface area contributed by atoms with Gasteiger partial charge in [0.15, 0.2) is 6.04 Å². The smallest absolute Gasteiger partial charge is 0.331 e. The molecule has 2 N–H and O–H groups in total. The van der Waals surface area contributed by atoms with Gasteiger partial charge in [-0.05, 0) is 17.7 Å². The molecular formula is C14H14ClN3O3. The lowest BCUT2D eigenvalue weighted by atomic mass is 10.1. The van der Waals surface area contributed by atoms with Gasteiger partial charge in [-0.1, -0.05) is 23.7 Å². The van der Waals surface area contributed by atoms with Crippen LogP contribution < -0.4 is 5.32 Å². The highest BCUT2D eigenvalue weighted by Gasteiger charge is 2.23. The van der Waals surface area contributed by atoms with Crippen molar-refractivity contribution in [3.05, 3.63) is 52.8 Å². The fraction of sp³-hybridized carbons (Fsp3) is 0.214. The normalized spacial score (nSPS) is 11.9. The number of nitrogens with one attached hydrogen (secondary N) is 1. The van der Waals surface area contributed by atoms with Gasteiger partial charge < -0.3 is 10.4 Å². The number of carboxylic acid groups (broad SMARTS) is 1. The fourth-order valence-electron chi connectivity index (χ4n) is 1.88.